The van der Waals surface area contributed by atoms with E-state index in [0.29, 0.717) is 6.07 Å². The molecule has 33 heavy (non-hydrogen) atoms. The molecule has 0 radical (unpaired) electrons. The van der Waals surface area contributed by atoms with Crippen molar-refractivity contribution in [2.24, 2.45) is 10.2 Å². The molecule has 3 aromatic carbocycles. The van der Waals surface area contributed by atoms with Gasteiger partial charge in [-0.3, -0.25) is 24.0 Å². The Hall–Kier alpha value is -3.79. The molecular weight excluding hydrogens is 480 g/mol. The van der Waals surface area contributed by atoms with Crippen LogP contribution in [0, 0.1) is 10.1 Å². The predicted molar refractivity (Wildman–Crippen MR) is 115 cm³/mol. The number of non-ortho nitro benzene ring substituents is 1. The van der Waals surface area contributed by atoms with E-state index in [0.717, 1.165) is 6.07 Å². The minimum Gasteiger partial charge on any atom is -0.324 e. The number of benzene rings is 3. The summed E-state index contributed by atoms with van der Waals surface area (Å²) in [5, 5.41) is 20.7. The predicted octanol–water partition coefficient (Wildman–Crippen LogP) is 3.62. The molecule has 3 N–H and O–H groups in total. The van der Waals surface area contributed by atoms with E-state index in [1.165, 1.54) is 43.3 Å². The molecule has 0 fully saturated rings. The third kappa shape index (κ3) is 5.35. The molecule has 13 nitrogen and oxygen atoms in total. The van der Waals surface area contributed by atoms with Gasteiger partial charge in [0, 0.05) is 29.8 Å². The van der Waals surface area contributed by atoms with Crippen LogP contribution in [0.5, 0.6) is 0 Å². The largest absolute Gasteiger partial charge is 0.324 e. The summed E-state index contributed by atoms with van der Waals surface area (Å²) in [7, 11) is -9.85. The van der Waals surface area contributed by atoms with Crippen molar-refractivity contribution in [3.63, 3.8) is 0 Å². The van der Waals surface area contributed by atoms with Crippen molar-refractivity contribution in [3.05, 3.63) is 58.6 Å². The lowest BCUT2D eigenvalue weighted by Gasteiger charge is -2.12. The lowest BCUT2D eigenvalue weighted by atomic mass is 10.1. The summed E-state index contributed by atoms with van der Waals surface area (Å²) in [6.07, 6.45) is 0. The van der Waals surface area contributed by atoms with Gasteiger partial charge in [-0.05, 0) is 30.3 Å². The molecule has 0 saturated heterocycles. The Kier molecular flexibility index (Phi) is 6.24. The van der Waals surface area contributed by atoms with Crippen LogP contribution >= 0.6 is 0 Å². The Morgan fingerprint density at radius 2 is 1.58 bits per heavy atom. The lowest BCUT2D eigenvalue weighted by Crippen LogP contribution is -2.07. The fourth-order valence-electron chi connectivity index (χ4n) is 2.87. The Morgan fingerprint density at radius 1 is 0.939 bits per heavy atom. The first-order chi connectivity index (χ1) is 15.3. The van der Waals surface area contributed by atoms with Crippen molar-refractivity contribution in [2.75, 3.05) is 5.32 Å². The summed E-state index contributed by atoms with van der Waals surface area (Å²) < 4.78 is 66.1. The van der Waals surface area contributed by atoms with Crippen LogP contribution in [-0.2, 0) is 25.0 Å². The van der Waals surface area contributed by atoms with Crippen LogP contribution in [0.3, 0.4) is 0 Å². The molecule has 0 aliphatic carbocycles. The standard InChI is InChI=1S/C18H14N4O9S2/c1-10(23)19-16-7-6-14-15(8-13(32(26,27)28)9-17(14)33(29,30)31)18(16)21-20-11-2-4-12(5-3-11)22(24)25/h2-9H,1H3,(H,19,23)(H,26,27,28)(H,29,30,31). The second-order valence-corrected chi connectivity index (χ2v) is 9.39. The van der Waals surface area contributed by atoms with Crippen molar-refractivity contribution in [3.8, 4) is 0 Å². The Morgan fingerprint density at radius 3 is 2.09 bits per heavy atom. The Bertz CT molecular complexity index is 1530. The molecule has 0 bridgehead atoms. The molecule has 0 aliphatic heterocycles. The monoisotopic (exact) mass is 494 g/mol. The van der Waals surface area contributed by atoms with Gasteiger partial charge in [-0.2, -0.15) is 21.9 Å². The first-order valence-corrected chi connectivity index (χ1v) is 11.6. The van der Waals surface area contributed by atoms with Gasteiger partial charge in [-0.15, -0.1) is 5.11 Å². The van der Waals surface area contributed by atoms with E-state index in [-0.39, 0.29) is 33.5 Å². The second kappa shape index (κ2) is 8.62. The van der Waals surface area contributed by atoms with E-state index in [2.05, 4.69) is 15.5 Å². The zero-order valence-corrected chi connectivity index (χ0v) is 18.2. The average molecular weight is 494 g/mol. The fraction of sp³-hybridized carbons (Fsp3) is 0.0556. The van der Waals surface area contributed by atoms with Gasteiger partial charge in [-0.25, -0.2) is 0 Å². The van der Waals surface area contributed by atoms with Crippen molar-refractivity contribution < 1.29 is 35.7 Å². The van der Waals surface area contributed by atoms with Crippen LogP contribution in [0.2, 0.25) is 0 Å². The van der Waals surface area contributed by atoms with Crippen molar-refractivity contribution >= 4 is 59.7 Å². The number of carbonyl (C=O) groups is 1. The number of hydrogen-bond acceptors (Lipinski definition) is 9. The van der Waals surface area contributed by atoms with Gasteiger partial charge in [-0.1, -0.05) is 6.07 Å². The molecule has 172 valence electrons. The maximum Gasteiger partial charge on any atom is 0.295 e. The Balaban J connectivity index is 2.33. The zero-order chi connectivity index (χ0) is 24.6. The highest BCUT2D eigenvalue weighted by atomic mass is 32.2. The Labute approximate surface area is 186 Å². The maximum atomic E-state index is 11.9. The zero-order valence-electron chi connectivity index (χ0n) is 16.5. The van der Waals surface area contributed by atoms with Crippen LogP contribution < -0.4 is 5.32 Å². The molecule has 3 rings (SSSR count). The molecule has 0 aromatic heterocycles. The van der Waals surface area contributed by atoms with Gasteiger partial charge < -0.3 is 5.32 Å². The van der Waals surface area contributed by atoms with Crippen molar-refractivity contribution in [1.29, 1.82) is 0 Å². The van der Waals surface area contributed by atoms with E-state index in [4.69, 9.17) is 0 Å². The molecule has 0 spiro atoms. The average Bonchev–Trinajstić information content (AvgIpc) is 2.70. The van der Waals surface area contributed by atoms with Crippen LogP contribution in [0.25, 0.3) is 10.8 Å². The van der Waals surface area contributed by atoms with Gasteiger partial charge in [0.05, 0.1) is 21.2 Å². The number of hydrogen-bond donors (Lipinski definition) is 3. The van der Waals surface area contributed by atoms with E-state index >= 15 is 0 Å². The molecule has 0 aliphatic rings. The summed E-state index contributed by atoms with van der Waals surface area (Å²) in [4.78, 5) is 20.1. The number of nitro benzene ring substituents is 1. The summed E-state index contributed by atoms with van der Waals surface area (Å²) in [5.41, 5.74) is -0.244. The maximum absolute atomic E-state index is 11.9. The van der Waals surface area contributed by atoms with Gasteiger partial charge >= 0.3 is 0 Å². The van der Waals surface area contributed by atoms with Crippen LogP contribution in [-0.4, -0.2) is 36.8 Å². The van der Waals surface area contributed by atoms with Gasteiger partial charge in [0.2, 0.25) is 5.91 Å². The molecular formula is C18H14N4O9S2. The smallest absolute Gasteiger partial charge is 0.295 e. The highest BCUT2D eigenvalue weighted by Gasteiger charge is 2.23. The van der Waals surface area contributed by atoms with Crippen molar-refractivity contribution in [2.45, 2.75) is 16.7 Å². The highest BCUT2D eigenvalue weighted by molar-refractivity contribution is 7.86. The number of nitrogens with zero attached hydrogens (tertiary/aromatic N) is 3. The minimum atomic E-state index is -4.94. The number of fused-ring (bicyclic) bond motifs is 1. The summed E-state index contributed by atoms with van der Waals surface area (Å²) in [6.45, 7) is 1.18. The van der Waals surface area contributed by atoms with E-state index in [1.807, 2.05) is 0 Å². The van der Waals surface area contributed by atoms with E-state index in [9.17, 15) is 40.8 Å². The minimum absolute atomic E-state index is 0.00874. The van der Waals surface area contributed by atoms with Gasteiger partial charge in [0.25, 0.3) is 25.9 Å². The number of azo groups is 1. The molecule has 1 amide bonds. The normalized spacial score (nSPS) is 12.2. The van der Waals surface area contributed by atoms with Crippen molar-refractivity contribution in [1.82, 2.24) is 0 Å². The van der Waals surface area contributed by atoms with Crippen LogP contribution in [0.15, 0.2) is 68.6 Å². The SMILES string of the molecule is CC(=O)Nc1ccc2c(S(=O)(=O)O)cc(S(=O)(=O)O)cc2c1N=Nc1ccc([N+](=O)[O-])cc1. The molecule has 3 aromatic rings. The van der Waals surface area contributed by atoms with E-state index < -0.39 is 40.9 Å². The lowest BCUT2D eigenvalue weighted by molar-refractivity contribution is -0.384. The second-order valence-electron chi connectivity index (χ2n) is 6.58. The number of carbonyl (C=O) groups excluding carboxylic acids is 1. The molecule has 0 heterocycles. The number of nitrogens with one attached hydrogen (secondary N) is 1. The molecule has 0 atom stereocenters. The fourth-order valence-corrected chi connectivity index (χ4v) is 4.21. The third-order valence-electron chi connectivity index (χ3n) is 4.25. The molecule has 15 heteroatoms. The molecule has 0 saturated carbocycles. The summed E-state index contributed by atoms with van der Waals surface area (Å²) in [6, 6.07) is 8.81. The number of amides is 1. The molecule has 0 unspecified atom stereocenters. The topological polar surface area (TPSA) is 206 Å². The number of anilines is 1. The highest BCUT2D eigenvalue weighted by Crippen LogP contribution is 2.39. The van der Waals surface area contributed by atoms with Gasteiger partial charge in [0.15, 0.2) is 0 Å². The van der Waals surface area contributed by atoms with Crippen LogP contribution in [0.4, 0.5) is 22.7 Å². The van der Waals surface area contributed by atoms with E-state index in [1.54, 1.807) is 0 Å². The quantitative estimate of drug-likeness (QED) is 0.198. The number of nitro groups is 1. The van der Waals surface area contributed by atoms with Crippen LogP contribution in [0.1, 0.15) is 6.92 Å². The van der Waals surface area contributed by atoms with Gasteiger partial charge in [0.1, 0.15) is 10.6 Å². The number of rotatable bonds is 6. The third-order valence-corrected chi connectivity index (χ3v) is 5.98. The first-order valence-electron chi connectivity index (χ1n) is 8.77. The summed E-state index contributed by atoms with van der Waals surface area (Å²) >= 11 is 0. The summed E-state index contributed by atoms with van der Waals surface area (Å²) in [5.74, 6) is -0.540. The first kappa shape index (κ1) is 23.9.